The minimum Gasteiger partial charge on any atom is -0.476 e. The summed E-state index contributed by atoms with van der Waals surface area (Å²) in [6.07, 6.45) is 1.41. The number of anilines is 1. The highest BCUT2D eigenvalue weighted by atomic mass is 16.5. The predicted octanol–water partition coefficient (Wildman–Crippen LogP) is 1.23. The maximum Gasteiger partial charge on any atom is 0.358 e. The van der Waals surface area contributed by atoms with Crippen LogP contribution < -0.4 is 5.32 Å². The number of hydrogen-bond donors (Lipinski definition) is 2. The maximum atomic E-state index is 10.7. The first kappa shape index (κ1) is 14.0. The number of carbonyl (C=O) groups is 1. The molecule has 0 aliphatic rings. The van der Waals surface area contributed by atoms with Crippen molar-refractivity contribution in [3.63, 3.8) is 0 Å². The van der Waals surface area contributed by atoms with Crippen molar-refractivity contribution in [3.05, 3.63) is 41.7 Å². The molecule has 1 heterocycles. The largest absolute Gasteiger partial charge is 0.476 e. The molecule has 0 saturated carbocycles. The van der Waals surface area contributed by atoms with Crippen LogP contribution in [0.1, 0.15) is 16.1 Å². The van der Waals surface area contributed by atoms with Crippen LogP contribution in [-0.2, 0) is 17.9 Å². The monoisotopic (exact) mass is 276 g/mol. The molecule has 0 radical (unpaired) electrons. The predicted molar refractivity (Wildman–Crippen MR) is 72.6 cm³/mol. The lowest BCUT2D eigenvalue weighted by molar-refractivity contribution is 0.0690. The molecule has 1 aromatic heterocycles. The van der Waals surface area contributed by atoms with Crippen LogP contribution >= 0.6 is 0 Å². The molecule has 0 unspecified atom stereocenters. The lowest BCUT2D eigenvalue weighted by Gasteiger charge is -2.08. The van der Waals surface area contributed by atoms with Gasteiger partial charge in [-0.3, -0.25) is 0 Å². The van der Waals surface area contributed by atoms with E-state index in [9.17, 15) is 4.79 Å². The first-order chi connectivity index (χ1) is 9.69. The number of methoxy groups -OCH3 is 1. The van der Waals surface area contributed by atoms with Crippen LogP contribution in [0.25, 0.3) is 0 Å². The highest BCUT2D eigenvalue weighted by Crippen LogP contribution is 2.11. The molecule has 2 rings (SSSR count). The summed E-state index contributed by atoms with van der Waals surface area (Å²) in [5, 5.41) is 19.3. The summed E-state index contributed by atoms with van der Waals surface area (Å²) < 4.78 is 6.57. The Morgan fingerprint density at radius 2 is 2.35 bits per heavy atom. The number of ether oxygens (including phenoxy) is 1. The second-order valence-corrected chi connectivity index (χ2v) is 4.23. The number of benzene rings is 1. The van der Waals surface area contributed by atoms with E-state index in [1.165, 1.54) is 10.9 Å². The topological polar surface area (TPSA) is 89.3 Å². The molecule has 2 N–H and O–H groups in total. The first-order valence-corrected chi connectivity index (χ1v) is 6.14. The van der Waals surface area contributed by atoms with Crippen molar-refractivity contribution < 1.29 is 14.6 Å². The quantitative estimate of drug-likeness (QED) is 0.790. The zero-order valence-corrected chi connectivity index (χ0v) is 11.1. The highest BCUT2D eigenvalue weighted by Gasteiger charge is 2.07. The van der Waals surface area contributed by atoms with Gasteiger partial charge in [-0.15, -0.1) is 5.10 Å². The fourth-order valence-corrected chi connectivity index (χ4v) is 1.76. The van der Waals surface area contributed by atoms with Crippen LogP contribution in [-0.4, -0.2) is 39.7 Å². The molecule has 106 valence electrons. The number of rotatable bonds is 7. The standard InChI is InChI=1S/C13H16N4O3/c1-20-9-10-3-2-4-11(7-10)14-5-6-17-8-12(13(18)19)15-16-17/h2-4,7-8,14H,5-6,9H2,1H3,(H,18,19). The van der Waals surface area contributed by atoms with E-state index in [1.54, 1.807) is 7.11 Å². The summed E-state index contributed by atoms with van der Waals surface area (Å²) in [5.41, 5.74) is 2.02. The number of hydrogen-bond acceptors (Lipinski definition) is 5. The second-order valence-electron chi connectivity index (χ2n) is 4.23. The summed E-state index contributed by atoms with van der Waals surface area (Å²) in [6, 6.07) is 7.91. The maximum absolute atomic E-state index is 10.7. The van der Waals surface area contributed by atoms with Crippen LogP contribution in [0.2, 0.25) is 0 Å². The number of aromatic nitrogens is 3. The Balaban J connectivity index is 1.85. The number of nitrogens with zero attached hydrogens (tertiary/aromatic N) is 3. The summed E-state index contributed by atoms with van der Waals surface area (Å²) >= 11 is 0. The molecule has 0 aliphatic heterocycles. The zero-order chi connectivity index (χ0) is 14.4. The molecule has 7 heteroatoms. The van der Waals surface area contributed by atoms with Crippen LogP contribution in [0.4, 0.5) is 5.69 Å². The molecule has 1 aromatic carbocycles. The lowest BCUT2D eigenvalue weighted by Crippen LogP contribution is -2.11. The Morgan fingerprint density at radius 1 is 1.50 bits per heavy atom. The van der Waals surface area contributed by atoms with Gasteiger partial charge >= 0.3 is 5.97 Å². The Hall–Kier alpha value is -2.41. The average Bonchev–Trinajstić information content (AvgIpc) is 2.89. The van der Waals surface area contributed by atoms with E-state index in [0.717, 1.165) is 11.3 Å². The highest BCUT2D eigenvalue weighted by molar-refractivity contribution is 5.84. The number of nitrogens with one attached hydrogen (secondary N) is 1. The Kier molecular flexibility index (Phi) is 4.67. The summed E-state index contributed by atoms with van der Waals surface area (Å²) in [5.74, 6) is -1.07. The Bertz CT molecular complexity index is 583. The van der Waals surface area contributed by atoms with Crippen LogP contribution in [0.15, 0.2) is 30.5 Å². The number of carboxylic acid groups (broad SMARTS) is 1. The van der Waals surface area contributed by atoms with Crippen LogP contribution in [0, 0.1) is 0 Å². The third-order valence-electron chi connectivity index (χ3n) is 2.67. The van der Waals surface area contributed by atoms with Gasteiger partial charge in [-0.1, -0.05) is 17.3 Å². The Labute approximate surface area is 116 Å². The molecule has 0 saturated heterocycles. The molecule has 7 nitrogen and oxygen atoms in total. The van der Waals surface area contributed by atoms with Gasteiger partial charge in [0.15, 0.2) is 5.69 Å². The average molecular weight is 276 g/mol. The van der Waals surface area contributed by atoms with Crippen molar-refractivity contribution in [3.8, 4) is 0 Å². The third-order valence-corrected chi connectivity index (χ3v) is 2.67. The van der Waals surface area contributed by atoms with E-state index in [4.69, 9.17) is 9.84 Å². The Morgan fingerprint density at radius 3 is 3.05 bits per heavy atom. The van der Waals surface area contributed by atoms with Crippen molar-refractivity contribution in [1.82, 2.24) is 15.0 Å². The van der Waals surface area contributed by atoms with Crippen molar-refractivity contribution in [2.75, 3.05) is 19.0 Å². The van der Waals surface area contributed by atoms with E-state index >= 15 is 0 Å². The van der Waals surface area contributed by atoms with Gasteiger partial charge in [0.25, 0.3) is 0 Å². The van der Waals surface area contributed by atoms with Gasteiger partial charge in [-0.25, -0.2) is 9.48 Å². The van der Waals surface area contributed by atoms with Crippen LogP contribution in [0.5, 0.6) is 0 Å². The molecule has 0 amide bonds. The van der Waals surface area contributed by atoms with Crippen molar-refractivity contribution >= 4 is 11.7 Å². The summed E-state index contributed by atoms with van der Waals surface area (Å²) in [6.45, 7) is 1.73. The van der Waals surface area contributed by atoms with Gasteiger partial charge in [0.1, 0.15) is 0 Å². The summed E-state index contributed by atoms with van der Waals surface area (Å²) in [7, 11) is 1.66. The van der Waals surface area contributed by atoms with E-state index in [1.807, 2.05) is 24.3 Å². The van der Waals surface area contributed by atoms with Gasteiger partial charge in [0.2, 0.25) is 0 Å². The molecule has 0 spiro atoms. The van der Waals surface area contributed by atoms with E-state index in [0.29, 0.717) is 19.7 Å². The SMILES string of the molecule is COCc1cccc(NCCn2cc(C(=O)O)nn2)c1. The minimum absolute atomic E-state index is 0.0490. The molecular formula is C13H16N4O3. The van der Waals surface area contributed by atoms with Gasteiger partial charge < -0.3 is 15.2 Å². The number of aromatic carboxylic acids is 1. The molecule has 0 atom stereocenters. The second kappa shape index (κ2) is 6.67. The van der Waals surface area contributed by atoms with Gasteiger partial charge in [0, 0.05) is 19.3 Å². The fourth-order valence-electron chi connectivity index (χ4n) is 1.76. The molecule has 0 aliphatic carbocycles. The smallest absolute Gasteiger partial charge is 0.358 e. The summed E-state index contributed by atoms with van der Waals surface area (Å²) in [4.78, 5) is 10.7. The lowest BCUT2D eigenvalue weighted by atomic mass is 10.2. The van der Waals surface area contributed by atoms with E-state index < -0.39 is 5.97 Å². The van der Waals surface area contributed by atoms with Crippen molar-refractivity contribution in [2.24, 2.45) is 0 Å². The molecule has 20 heavy (non-hydrogen) atoms. The molecule has 0 fully saturated rings. The van der Waals surface area contributed by atoms with E-state index in [2.05, 4.69) is 15.6 Å². The number of carboxylic acids is 1. The minimum atomic E-state index is -1.07. The normalized spacial score (nSPS) is 10.4. The molecular weight excluding hydrogens is 260 g/mol. The van der Waals surface area contributed by atoms with Crippen molar-refractivity contribution in [2.45, 2.75) is 13.2 Å². The molecule has 0 bridgehead atoms. The van der Waals surface area contributed by atoms with Crippen molar-refractivity contribution in [1.29, 1.82) is 0 Å². The van der Waals surface area contributed by atoms with Crippen LogP contribution in [0.3, 0.4) is 0 Å². The first-order valence-electron chi connectivity index (χ1n) is 6.14. The third kappa shape index (κ3) is 3.79. The van der Waals surface area contributed by atoms with Gasteiger partial charge in [0.05, 0.1) is 19.3 Å². The fraction of sp³-hybridized carbons (Fsp3) is 0.308. The van der Waals surface area contributed by atoms with E-state index in [-0.39, 0.29) is 5.69 Å². The zero-order valence-electron chi connectivity index (χ0n) is 11.1. The van der Waals surface area contributed by atoms with Gasteiger partial charge in [-0.05, 0) is 17.7 Å². The molecule has 2 aromatic rings. The van der Waals surface area contributed by atoms with Gasteiger partial charge in [-0.2, -0.15) is 0 Å².